The number of nitrogens with one attached hydrogen (secondary N) is 1. The van der Waals surface area contributed by atoms with Crippen molar-refractivity contribution in [1.82, 2.24) is 10.2 Å². The first-order chi connectivity index (χ1) is 8.21. The van der Waals surface area contributed by atoms with Crippen LogP contribution in [0.5, 0.6) is 0 Å². The summed E-state index contributed by atoms with van der Waals surface area (Å²) in [5.41, 5.74) is 1.46. The summed E-state index contributed by atoms with van der Waals surface area (Å²) in [6.07, 6.45) is 0. The van der Waals surface area contributed by atoms with Crippen LogP contribution in [0.15, 0.2) is 11.1 Å². The second-order valence-electron chi connectivity index (χ2n) is 5.63. The fourth-order valence-corrected chi connectivity index (χ4v) is 2.03. The van der Waals surface area contributed by atoms with Crippen LogP contribution in [-0.2, 0) is 9.59 Å². The Bertz CT molecular complexity index is 388. The monoisotopic (exact) mass is 272 g/mol. The van der Waals surface area contributed by atoms with E-state index in [4.69, 9.17) is 11.6 Å². The highest BCUT2D eigenvalue weighted by Gasteiger charge is 2.46. The van der Waals surface area contributed by atoms with E-state index >= 15 is 0 Å². The van der Waals surface area contributed by atoms with Gasteiger partial charge in [-0.2, -0.15) is 0 Å². The molecule has 102 valence electrons. The van der Waals surface area contributed by atoms with Crippen molar-refractivity contribution in [1.29, 1.82) is 0 Å². The zero-order valence-corrected chi connectivity index (χ0v) is 12.3. The maximum atomic E-state index is 12.4. The molecular formula is C13H21ClN2O2. The Kier molecular flexibility index (Phi) is 4.43. The molecule has 0 aromatic carbocycles. The van der Waals surface area contributed by atoms with Gasteiger partial charge in [0.2, 0.25) is 11.8 Å². The fourth-order valence-electron chi connectivity index (χ4n) is 1.96. The topological polar surface area (TPSA) is 49.4 Å². The highest BCUT2D eigenvalue weighted by Crippen LogP contribution is 2.24. The molecule has 0 aromatic rings. The van der Waals surface area contributed by atoms with E-state index in [1.165, 1.54) is 5.54 Å². The van der Waals surface area contributed by atoms with Crippen molar-refractivity contribution in [3.8, 4) is 0 Å². The largest absolute Gasteiger partial charge is 0.342 e. The van der Waals surface area contributed by atoms with Crippen LogP contribution < -0.4 is 5.32 Å². The summed E-state index contributed by atoms with van der Waals surface area (Å²) in [6, 6.07) is -0.450. The van der Waals surface area contributed by atoms with Crippen LogP contribution in [0, 0.1) is 5.92 Å². The molecule has 1 atom stereocenters. The average molecular weight is 273 g/mol. The molecule has 0 radical (unpaired) electrons. The number of nitrogens with zero attached hydrogens (tertiary/aromatic N) is 1. The second kappa shape index (κ2) is 5.31. The van der Waals surface area contributed by atoms with Crippen molar-refractivity contribution < 1.29 is 9.59 Å². The second-order valence-corrected chi connectivity index (χ2v) is 5.85. The average Bonchev–Trinajstić information content (AvgIpc) is 2.28. The van der Waals surface area contributed by atoms with Crippen molar-refractivity contribution >= 4 is 23.4 Å². The highest BCUT2D eigenvalue weighted by molar-refractivity contribution is 6.25. The van der Waals surface area contributed by atoms with E-state index in [9.17, 15) is 9.59 Å². The maximum absolute atomic E-state index is 12.4. The minimum Gasteiger partial charge on any atom is -0.342 e. The van der Waals surface area contributed by atoms with Gasteiger partial charge in [-0.15, -0.1) is 0 Å². The molecule has 1 saturated heterocycles. The van der Waals surface area contributed by atoms with Gasteiger partial charge < -0.3 is 10.2 Å². The molecule has 0 aliphatic carbocycles. The molecule has 1 aliphatic rings. The smallest absolute Gasteiger partial charge is 0.246 e. The molecular weight excluding hydrogens is 252 g/mol. The SMILES string of the molecule is CC(=CCl)CN1C(=O)C(C(C)C)NC(=O)C1(C)C. The first kappa shape index (κ1) is 15.0. The summed E-state index contributed by atoms with van der Waals surface area (Å²) in [5, 5.41) is 2.79. The Morgan fingerprint density at radius 3 is 2.50 bits per heavy atom. The molecule has 5 heteroatoms. The predicted octanol–water partition coefficient (Wildman–Crippen LogP) is 1.89. The molecule has 18 heavy (non-hydrogen) atoms. The van der Waals surface area contributed by atoms with Gasteiger partial charge >= 0.3 is 0 Å². The Hall–Kier alpha value is -1.03. The number of carbonyl (C=O) groups excluding carboxylic acids is 2. The first-order valence-electron chi connectivity index (χ1n) is 6.10. The number of hydrogen-bond acceptors (Lipinski definition) is 2. The molecule has 1 unspecified atom stereocenters. The third-order valence-corrected chi connectivity index (χ3v) is 3.68. The van der Waals surface area contributed by atoms with Crippen LogP contribution in [-0.4, -0.2) is 34.8 Å². The third-order valence-electron chi connectivity index (χ3n) is 3.31. The van der Waals surface area contributed by atoms with Crippen molar-refractivity contribution in [2.24, 2.45) is 5.92 Å². The zero-order chi connectivity index (χ0) is 14.1. The van der Waals surface area contributed by atoms with Gasteiger partial charge in [-0.05, 0) is 32.3 Å². The molecule has 2 amide bonds. The molecule has 0 aromatic heterocycles. The van der Waals surface area contributed by atoms with Gasteiger partial charge in [0.15, 0.2) is 0 Å². The van der Waals surface area contributed by atoms with Crippen LogP contribution in [0.1, 0.15) is 34.6 Å². The van der Waals surface area contributed by atoms with Crippen molar-refractivity contribution in [3.63, 3.8) is 0 Å². The van der Waals surface area contributed by atoms with E-state index in [1.807, 2.05) is 20.8 Å². The van der Waals surface area contributed by atoms with Gasteiger partial charge in [0, 0.05) is 12.1 Å². The van der Waals surface area contributed by atoms with Crippen LogP contribution in [0.3, 0.4) is 0 Å². The lowest BCUT2D eigenvalue weighted by Gasteiger charge is -2.45. The van der Waals surface area contributed by atoms with Crippen LogP contribution in [0.25, 0.3) is 0 Å². The van der Waals surface area contributed by atoms with Gasteiger partial charge in [0.25, 0.3) is 0 Å². The minimum atomic E-state index is -0.844. The van der Waals surface area contributed by atoms with Crippen molar-refractivity contribution in [2.45, 2.75) is 46.2 Å². The summed E-state index contributed by atoms with van der Waals surface area (Å²) < 4.78 is 0. The Labute approximate surface area is 113 Å². The van der Waals surface area contributed by atoms with E-state index in [0.717, 1.165) is 5.57 Å². The summed E-state index contributed by atoms with van der Waals surface area (Å²) in [4.78, 5) is 26.1. The Morgan fingerprint density at radius 1 is 1.50 bits per heavy atom. The van der Waals surface area contributed by atoms with E-state index in [2.05, 4.69) is 5.32 Å². The Morgan fingerprint density at radius 2 is 2.06 bits per heavy atom. The summed E-state index contributed by atoms with van der Waals surface area (Å²) in [7, 11) is 0. The van der Waals surface area contributed by atoms with E-state index in [0.29, 0.717) is 6.54 Å². The number of piperazine rings is 1. The minimum absolute atomic E-state index is 0.0486. The van der Waals surface area contributed by atoms with Crippen LogP contribution >= 0.6 is 11.6 Å². The molecule has 1 heterocycles. The molecule has 4 nitrogen and oxygen atoms in total. The normalized spacial score (nSPS) is 24.5. The quantitative estimate of drug-likeness (QED) is 0.853. The van der Waals surface area contributed by atoms with Gasteiger partial charge in [-0.1, -0.05) is 25.4 Å². The standard InChI is InChI=1S/C13H21ClN2O2/c1-8(2)10-11(17)16(7-9(3)6-14)13(4,5)12(18)15-10/h6,8,10H,7H2,1-5H3,(H,15,18). The van der Waals surface area contributed by atoms with Gasteiger partial charge in [-0.3, -0.25) is 9.59 Å². The van der Waals surface area contributed by atoms with Gasteiger partial charge in [0.05, 0.1) is 0 Å². The molecule has 1 aliphatic heterocycles. The first-order valence-corrected chi connectivity index (χ1v) is 6.53. The van der Waals surface area contributed by atoms with Crippen LogP contribution in [0.2, 0.25) is 0 Å². The maximum Gasteiger partial charge on any atom is 0.246 e. The molecule has 1 rings (SSSR count). The van der Waals surface area contributed by atoms with Crippen molar-refractivity contribution in [3.05, 3.63) is 11.1 Å². The molecule has 0 saturated carbocycles. The van der Waals surface area contributed by atoms with Crippen molar-refractivity contribution in [2.75, 3.05) is 6.54 Å². The highest BCUT2D eigenvalue weighted by atomic mass is 35.5. The number of rotatable bonds is 3. The Balaban J connectivity index is 3.07. The van der Waals surface area contributed by atoms with E-state index in [-0.39, 0.29) is 17.7 Å². The third kappa shape index (κ3) is 2.69. The predicted molar refractivity (Wildman–Crippen MR) is 72.2 cm³/mol. The summed E-state index contributed by atoms with van der Waals surface area (Å²) in [6.45, 7) is 9.56. The molecule has 1 N–H and O–H groups in total. The van der Waals surface area contributed by atoms with Crippen LogP contribution in [0.4, 0.5) is 0 Å². The zero-order valence-electron chi connectivity index (χ0n) is 11.6. The van der Waals surface area contributed by atoms with Gasteiger partial charge in [-0.25, -0.2) is 0 Å². The lowest BCUT2D eigenvalue weighted by molar-refractivity contribution is -0.155. The molecule has 0 bridgehead atoms. The lowest BCUT2D eigenvalue weighted by Crippen LogP contribution is -2.69. The molecule has 0 spiro atoms. The lowest BCUT2D eigenvalue weighted by atomic mass is 9.91. The molecule has 1 fully saturated rings. The number of amides is 2. The van der Waals surface area contributed by atoms with E-state index < -0.39 is 11.6 Å². The fraction of sp³-hybridized carbons (Fsp3) is 0.692. The number of halogens is 1. The summed E-state index contributed by atoms with van der Waals surface area (Å²) in [5.74, 6) is -0.101. The number of hydrogen-bond donors (Lipinski definition) is 1. The van der Waals surface area contributed by atoms with Gasteiger partial charge in [0.1, 0.15) is 11.6 Å². The number of carbonyl (C=O) groups is 2. The summed E-state index contributed by atoms with van der Waals surface area (Å²) >= 11 is 5.65. The van der Waals surface area contributed by atoms with E-state index in [1.54, 1.807) is 18.7 Å².